The van der Waals surface area contributed by atoms with Gasteiger partial charge in [-0.3, -0.25) is 14.9 Å². The molecule has 6 nitrogen and oxygen atoms in total. The Labute approximate surface area is 145 Å². The van der Waals surface area contributed by atoms with Gasteiger partial charge in [0, 0.05) is 19.6 Å². The van der Waals surface area contributed by atoms with Crippen LogP contribution in [0.3, 0.4) is 0 Å². The van der Waals surface area contributed by atoms with Gasteiger partial charge in [-0.25, -0.2) is 0 Å². The summed E-state index contributed by atoms with van der Waals surface area (Å²) >= 11 is 0. The molecule has 6 heteroatoms. The average molecular weight is 340 g/mol. The highest BCUT2D eigenvalue weighted by Gasteiger charge is 2.47. The lowest BCUT2D eigenvalue weighted by molar-refractivity contribution is -0.139. The molecule has 1 aliphatic heterocycles. The van der Waals surface area contributed by atoms with Crippen LogP contribution >= 0.6 is 0 Å². The molecule has 0 aromatic heterocycles. The van der Waals surface area contributed by atoms with Gasteiger partial charge in [0.2, 0.25) is 5.91 Å². The molecular weight excluding hydrogens is 308 g/mol. The van der Waals surface area contributed by atoms with E-state index in [4.69, 9.17) is 4.74 Å². The van der Waals surface area contributed by atoms with Crippen LogP contribution in [0.25, 0.3) is 0 Å². The molecule has 138 valence electrons. The van der Waals surface area contributed by atoms with Gasteiger partial charge in [0.1, 0.15) is 6.04 Å². The van der Waals surface area contributed by atoms with Crippen molar-refractivity contribution in [2.75, 3.05) is 6.61 Å². The van der Waals surface area contributed by atoms with E-state index >= 15 is 0 Å². The van der Waals surface area contributed by atoms with Crippen molar-refractivity contribution < 1.29 is 19.4 Å². The van der Waals surface area contributed by atoms with Crippen molar-refractivity contribution in [2.24, 2.45) is 5.92 Å². The summed E-state index contributed by atoms with van der Waals surface area (Å²) in [7, 11) is 0. The summed E-state index contributed by atoms with van der Waals surface area (Å²) in [4.78, 5) is 23.3. The van der Waals surface area contributed by atoms with E-state index in [0.29, 0.717) is 13.0 Å². The summed E-state index contributed by atoms with van der Waals surface area (Å²) < 4.78 is 6.04. The monoisotopic (exact) mass is 340 g/mol. The maximum atomic E-state index is 11.8. The van der Waals surface area contributed by atoms with Crippen LogP contribution in [0.1, 0.15) is 53.9 Å². The number of nitrogens with one attached hydrogen (secondary N) is 2. The number of amides is 1. The van der Waals surface area contributed by atoms with Gasteiger partial charge >= 0.3 is 5.97 Å². The van der Waals surface area contributed by atoms with Crippen LogP contribution in [0, 0.1) is 5.92 Å². The highest BCUT2D eigenvalue weighted by molar-refractivity contribution is 5.75. The molecule has 0 unspecified atom stereocenters. The second-order valence-electron chi connectivity index (χ2n) is 6.68. The molecule has 24 heavy (non-hydrogen) atoms. The van der Waals surface area contributed by atoms with Gasteiger partial charge < -0.3 is 15.2 Å². The predicted octanol–water partition coefficient (Wildman–Crippen LogP) is 2.09. The zero-order valence-corrected chi connectivity index (χ0v) is 15.5. The topological polar surface area (TPSA) is 87.7 Å². The molecule has 1 heterocycles. The zero-order valence-electron chi connectivity index (χ0n) is 15.5. The van der Waals surface area contributed by atoms with Crippen LogP contribution in [-0.4, -0.2) is 47.3 Å². The first-order valence-corrected chi connectivity index (χ1v) is 8.81. The Morgan fingerprint density at radius 3 is 2.58 bits per heavy atom. The number of carbonyl (C=O) groups is 2. The van der Waals surface area contributed by atoms with Crippen LogP contribution in [0.5, 0.6) is 0 Å². The minimum Gasteiger partial charge on any atom is -0.480 e. The minimum atomic E-state index is -0.859. The fraction of sp³-hybridized carbons (Fsp3) is 0.778. The SMILES string of the molecule is C/C=C\[C@@H]1C[C@H](C(=O)O)N[C@H]1[C@@H](NC(C)=O)[C@](C)(CCC)OCC. The molecule has 3 N–H and O–H groups in total. The Hall–Kier alpha value is -1.40. The highest BCUT2D eigenvalue weighted by Crippen LogP contribution is 2.33. The van der Waals surface area contributed by atoms with Crippen LogP contribution in [0.4, 0.5) is 0 Å². The molecule has 5 atom stereocenters. The van der Waals surface area contributed by atoms with Gasteiger partial charge in [-0.15, -0.1) is 0 Å². The summed E-state index contributed by atoms with van der Waals surface area (Å²) in [6.45, 7) is 9.96. The smallest absolute Gasteiger partial charge is 0.320 e. The molecular formula is C18H32N2O4. The lowest BCUT2D eigenvalue weighted by Gasteiger charge is -2.42. The molecule has 0 saturated carbocycles. The maximum Gasteiger partial charge on any atom is 0.320 e. The quantitative estimate of drug-likeness (QED) is 0.560. The van der Waals surface area contributed by atoms with E-state index in [1.54, 1.807) is 0 Å². The van der Waals surface area contributed by atoms with E-state index in [2.05, 4.69) is 17.6 Å². The average Bonchev–Trinajstić information content (AvgIpc) is 2.89. The van der Waals surface area contributed by atoms with E-state index in [-0.39, 0.29) is 23.9 Å². The molecule has 0 radical (unpaired) electrons. The highest BCUT2D eigenvalue weighted by atomic mass is 16.5. The van der Waals surface area contributed by atoms with Crippen molar-refractivity contribution in [1.29, 1.82) is 0 Å². The second-order valence-corrected chi connectivity index (χ2v) is 6.68. The van der Waals surface area contributed by atoms with Gasteiger partial charge in [-0.2, -0.15) is 0 Å². The van der Waals surface area contributed by atoms with Crippen molar-refractivity contribution in [1.82, 2.24) is 10.6 Å². The van der Waals surface area contributed by atoms with E-state index in [0.717, 1.165) is 12.8 Å². The first kappa shape index (κ1) is 20.6. The van der Waals surface area contributed by atoms with E-state index in [1.807, 2.05) is 32.9 Å². The number of rotatable bonds is 9. The molecule has 0 bridgehead atoms. The van der Waals surface area contributed by atoms with E-state index < -0.39 is 17.6 Å². The number of ether oxygens (including phenoxy) is 1. The molecule has 0 aliphatic carbocycles. The predicted molar refractivity (Wildman–Crippen MR) is 93.8 cm³/mol. The third kappa shape index (κ3) is 5.05. The van der Waals surface area contributed by atoms with E-state index in [9.17, 15) is 14.7 Å². The third-order valence-electron chi connectivity index (χ3n) is 4.70. The zero-order chi connectivity index (χ0) is 18.3. The van der Waals surface area contributed by atoms with Crippen molar-refractivity contribution in [3.63, 3.8) is 0 Å². The normalized spacial score (nSPS) is 27.8. The van der Waals surface area contributed by atoms with Crippen molar-refractivity contribution in [2.45, 2.75) is 77.6 Å². The van der Waals surface area contributed by atoms with Crippen molar-refractivity contribution >= 4 is 11.9 Å². The van der Waals surface area contributed by atoms with Gasteiger partial charge in [0.15, 0.2) is 0 Å². The van der Waals surface area contributed by atoms with E-state index in [1.165, 1.54) is 6.92 Å². The molecule has 1 saturated heterocycles. The fourth-order valence-corrected chi connectivity index (χ4v) is 3.79. The molecule has 0 aromatic rings. The standard InChI is InChI=1S/C18H32N2O4/c1-6-9-13-11-14(17(22)23)20-15(13)16(19-12(4)21)18(5,10-7-2)24-8-3/h6,9,13-16,20H,7-8,10-11H2,1-5H3,(H,19,21)(H,22,23)/b9-6-/t13-,14-,15-,16-,18+/m1/s1. The first-order valence-electron chi connectivity index (χ1n) is 8.81. The summed E-state index contributed by atoms with van der Waals surface area (Å²) in [6.07, 6.45) is 6.16. The van der Waals surface area contributed by atoms with Gasteiger partial charge in [0.25, 0.3) is 0 Å². The summed E-state index contributed by atoms with van der Waals surface area (Å²) in [5.41, 5.74) is -0.555. The lowest BCUT2D eigenvalue weighted by atomic mass is 9.81. The molecule has 1 aliphatic rings. The Balaban J connectivity index is 3.20. The number of carbonyl (C=O) groups excluding carboxylic acids is 1. The number of hydrogen-bond acceptors (Lipinski definition) is 4. The Morgan fingerprint density at radius 2 is 2.12 bits per heavy atom. The second kappa shape index (κ2) is 9.18. The molecule has 0 spiro atoms. The number of carboxylic acid groups (broad SMARTS) is 1. The van der Waals surface area contributed by atoms with Crippen LogP contribution in [0.15, 0.2) is 12.2 Å². The lowest BCUT2D eigenvalue weighted by Crippen LogP contribution is -2.62. The number of hydrogen-bond donors (Lipinski definition) is 3. The Morgan fingerprint density at radius 1 is 1.46 bits per heavy atom. The summed E-state index contributed by atoms with van der Waals surface area (Å²) in [6, 6.07) is -1.10. The number of carboxylic acids is 1. The number of aliphatic carboxylic acids is 1. The van der Waals surface area contributed by atoms with Crippen LogP contribution in [0.2, 0.25) is 0 Å². The van der Waals surface area contributed by atoms with Gasteiger partial charge in [-0.1, -0.05) is 25.5 Å². The molecule has 1 rings (SSSR count). The summed E-state index contributed by atoms with van der Waals surface area (Å²) in [5.74, 6) is -0.964. The van der Waals surface area contributed by atoms with Crippen LogP contribution in [-0.2, 0) is 14.3 Å². The Bertz CT molecular complexity index is 458. The Kier molecular flexibility index (Phi) is 7.90. The van der Waals surface area contributed by atoms with Crippen molar-refractivity contribution in [3.05, 3.63) is 12.2 Å². The van der Waals surface area contributed by atoms with Gasteiger partial charge in [-0.05, 0) is 39.5 Å². The third-order valence-corrected chi connectivity index (χ3v) is 4.70. The maximum absolute atomic E-state index is 11.8. The summed E-state index contributed by atoms with van der Waals surface area (Å²) in [5, 5.41) is 15.6. The molecule has 1 fully saturated rings. The largest absolute Gasteiger partial charge is 0.480 e. The first-order chi connectivity index (χ1) is 11.3. The van der Waals surface area contributed by atoms with Crippen LogP contribution < -0.4 is 10.6 Å². The number of allylic oxidation sites excluding steroid dienone is 1. The minimum absolute atomic E-state index is 0.0320. The van der Waals surface area contributed by atoms with Crippen molar-refractivity contribution in [3.8, 4) is 0 Å². The molecule has 0 aromatic carbocycles. The molecule has 1 amide bonds. The fourth-order valence-electron chi connectivity index (χ4n) is 3.79. The van der Waals surface area contributed by atoms with Gasteiger partial charge in [0.05, 0.1) is 11.6 Å².